The van der Waals surface area contributed by atoms with Gasteiger partial charge in [-0.2, -0.15) is 0 Å². The minimum atomic E-state index is 0.108. The quantitative estimate of drug-likeness (QED) is 0.736. The van der Waals surface area contributed by atoms with Gasteiger partial charge in [0.25, 0.3) is 0 Å². The average molecular weight is 294 g/mol. The van der Waals surface area contributed by atoms with Crippen molar-refractivity contribution in [1.82, 2.24) is 20.0 Å². The zero-order valence-corrected chi connectivity index (χ0v) is 12.9. The third-order valence-corrected chi connectivity index (χ3v) is 5.11. The van der Waals surface area contributed by atoms with Gasteiger partial charge in [-0.15, -0.1) is 0 Å². The predicted molar refractivity (Wildman–Crippen MR) is 79.8 cm³/mol. The number of hydrogen-bond acceptors (Lipinski definition) is 4. The Morgan fingerprint density at radius 3 is 2.48 bits per heavy atom. The molecule has 3 heterocycles. The molecular weight excluding hydrogens is 268 g/mol. The maximum Gasteiger partial charge on any atom is 0.236 e. The summed E-state index contributed by atoms with van der Waals surface area (Å²) in [6.45, 7) is 8.01. The second-order valence-corrected chi connectivity index (χ2v) is 6.54. The molecule has 0 aliphatic carbocycles. The van der Waals surface area contributed by atoms with Crippen molar-refractivity contribution in [2.45, 2.75) is 25.8 Å². The molecule has 3 fully saturated rings. The minimum absolute atomic E-state index is 0.108. The second-order valence-electron chi connectivity index (χ2n) is 6.54. The van der Waals surface area contributed by atoms with Crippen LogP contribution in [0.2, 0.25) is 0 Å². The molecule has 6 heteroatoms. The van der Waals surface area contributed by atoms with Gasteiger partial charge in [0.15, 0.2) is 0 Å². The third-order valence-electron chi connectivity index (χ3n) is 5.11. The summed E-state index contributed by atoms with van der Waals surface area (Å²) in [4.78, 5) is 29.7. The lowest BCUT2D eigenvalue weighted by molar-refractivity contribution is -0.139. The number of hydrogen-bond donors (Lipinski definition) is 1. The van der Waals surface area contributed by atoms with Gasteiger partial charge in [0.2, 0.25) is 11.8 Å². The van der Waals surface area contributed by atoms with E-state index in [-0.39, 0.29) is 11.8 Å². The zero-order chi connectivity index (χ0) is 14.8. The molecule has 0 aromatic rings. The molecule has 3 aliphatic rings. The summed E-state index contributed by atoms with van der Waals surface area (Å²) in [5.41, 5.74) is 0. The number of amides is 2. The topological polar surface area (TPSA) is 55.9 Å². The highest BCUT2D eigenvalue weighted by Crippen LogP contribution is 2.24. The highest BCUT2D eigenvalue weighted by Gasteiger charge is 2.35. The smallest absolute Gasteiger partial charge is 0.236 e. The first-order chi connectivity index (χ1) is 10.1. The Labute approximate surface area is 126 Å². The Morgan fingerprint density at radius 1 is 1.10 bits per heavy atom. The van der Waals surface area contributed by atoms with E-state index in [4.69, 9.17) is 0 Å². The van der Waals surface area contributed by atoms with E-state index in [0.29, 0.717) is 38.8 Å². The van der Waals surface area contributed by atoms with Gasteiger partial charge in [-0.25, -0.2) is 0 Å². The lowest BCUT2D eigenvalue weighted by Crippen LogP contribution is -2.52. The van der Waals surface area contributed by atoms with Crippen molar-refractivity contribution in [3.05, 3.63) is 0 Å². The number of fused-ring (bicyclic) bond motifs is 1. The molecule has 3 aliphatic heterocycles. The van der Waals surface area contributed by atoms with Crippen LogP contribution in [0.4, 0.5) is 0 Å². The minimum Gasteiger partial charge on any atom is -0.339 e. The fourth-order valence-corrected chi connectivity index (χ4v) is 3.83. The molecule has 0 aromatic carbocycles. The molecule has 2 amide bonds. The summed E-state index contributed by atoms with van der Waals surface area (Å²) >= 11 is 0. The molecule has 3 saturated heterocycles. The second kappa shape index (κ2) is 6.32. The van der Waals surface area contributed by atoms with Crippen LogP contribution in [0.25, 0.3) is 0 Å². The monoisotopic (exact) mass is 294 g/mol. The Hall–Kier alpha value is -1.14. The van der Waals surface area contributed by atoms with Crippen molar-refractivity contribution in [3.63, 3.8) is 0 Å². The Bertz CT molecular complexity index is 392. The van der Waals surface area contributed by atoms with Crippen molar-refractivity contribution in [2.75, 3.05) is 52.4 Å². The fourth-order valence-electron chi connectivity index (χ4n) is 3.83. The van der Waals surface area contributed by atoms with Gasteiger partial charge in [-0.1, -0.05) is 0 Å². The summed E-state index contributed by atoms with van der Waals surface area (Å²) in [5.74, 6) is 1.05. The predicted octanol–water partition coefficient (Wildman–Crippen LogP) is -0.639. The lowest BCUT2D eigenvalue weighted by Gasteiger charge is -2.35. The van der Waals surface area contributed by atoms with Gasteiger partial charge in [0.1, 0.15) is 0 Å². The molecule has 1 N–H and O–H groups in total. The summed E-state index contributed by atoms with van der Waals surface area (Å²) in [7, 11) is 0. The molecule has 6 nitrogen and oxygen atoms in total. The third kappa shape index (κ3) is 3.37. The van der Waals surface area contributed by atoms with Crippen molar-refractivity contribution in [2.24, 2.45) is 5.92 Å². The fraction of sp³-hybridized carbons (Fsp3) is 0.867. The van der Waals surface area contributed by atoms with Crippen LogP contribution in [-0.4, -0.2) is 84.9 Å². The number of carbonyl (C=O) groups is 2. The van der Waals surface area contributed by atoms with E-state index in [1.807, 2.05) is 9.80 Å². The molecule has 0 saturated carbocycles. The van der Waals surface area contributed by atoms with Gasteiger partial charge < -0.3 is 15.1 Å². The van der Waals surface area contributed by atoms with Gasteiger partial charge >= 0.3 is 0 Å². The van der Waals surface area contributed by atoms with Crippen molar-refractivity contribution in [3.8, 4) is 0 Å². The van der Waals surface area contributed by atoms with Crippen LogP contribution in [0.15, 0.2) is 0 Å². The van der Waals surface area contributed by atoms with E-state index in [9.17, 15) is 9.59 Å². The molecule has 21 heavy (non-hydrogen) atoms. The van der Waals surface area contributed by atoms with Crippen LogP contribution in [-0.2, 0) is 9.59 Å². The van der Waals surface area contributed by atoms with E-state index in [2.05, 4.69) is 10.2 Å². The first-order valence-corrected chi connectivity index (χ1v) is 8.12. The van der Waals surface area contributed by atoms with Crippen LogP contribution in [0.3, 0.4) is 0 Å². The molecule has 0 aromatic heterocycles. The van der Waals surface area contributed by atoms with Crippen molar-refractivity contribution < 1.29 is 9.59 Å². The molecule has 118 valence electrons. The van der Waals surface area contributed by atoms with E-state index < -0.39 is 0 Å². The molecule has 3 rings (SSSR count). The van der Waals surface area contributed by atoms with E-state index >= 15 is 0 Å². The maximum absolute atomic E-state index is 12.4. The van der Waals surface area contributed by atoms with Crippen LogP contribution < -0.4 is 5.32 Å². The number of likely N-dealkylation sites (tertiary alicyclic amines) is 1. The number of nitrogens with zero attached hydrogens (tertiary/aromatic N) is 3. The number of nitrogens with one attached hydrogen (secondary N) is 1. The molecule has 2 atom stereocenters. The SMILES string of the molecule is CC(=O)N1CCN(C(=O)CN2C[C@@H]3CCCN[C@@H]3C2)CC1. The number of piperazine rings is 1. The van der Waals surface area contributed by atoms with Gasteiger partial charge in [0.05, 0.1) is 6.54 Å². The lowest BCUT2D eigenvalue weighted by atomic mass is 9.94. The molecule has 0 spiro atoms. The number of rotatable bonds is 2. The average Bonchev–Trinajstić information content (AvgIpc) is 2.89. The van der Waals surface area contributed by atoms with E-state index in [0.717, 1.165) is 25.6 Å². The van der Waals surface area contributed by atoms with Crippen molar-refractivity contribution >= 4 is 11.8 Å². The zero-order valence-electron chi connectivity index (χ0n) is 12.9. The summed E-state index contributed by atoms with van der Waals surface area (Å²) in [6, 6.07) is 0.584. The van der Waals surface area contributed by atoms with Crippen LogP contribution in [0.1, 0.15) is 19.8 Å². The normalized spacial score (nSPS) is 30.3. The summed E-state index contributed by atoms with van der Waals surface area (Å²) < 4.78 is 0. The van der Waals surface area contributed by atoms with Crippen LogP contribution >= 0.6 is 0 Å². The highest BCUT2D eigenvalue weighted by atomic mass is 16.2. The summed E-state index contributed by atoms with van der Waals surface area (Å²) in [6.07, 6.45) is 2.55. The number of piperidine rings is 1. The molecule has 0 bridgehead atoms. The summed E-state index contributed by atoms with van der Waals surface area (Å²) in [5, 5.41) is 3.57. The van der Waals surface area contributed by atoms with Gasteiger partial charge in [0, 0.05) is 52.2 Å². The molecule has 0 radical (unpaired) electrons. The Morgan fingerprint density at radius 2 is 1.81 bits per heavy atom. The van der Waals surface area contributed by atoms with E-state index in [1.165, 1.54) is 12.8 Å². The number of carbonyl (C=O) groups excluding carboxylic acids is 2. The standard InChI is InChI=1S/C15H26N4O2/c1-12(20)18-5-7-19(8-6-18)15(21)11-17-9-13-3-2-4-16-14(13)10-17/h13-14,16H,2-11H2,1H3/t13-,14+/m0/s1. The highest BCUT2D eigenvalue weighted by molar-refractivity contribution is 5.79. The van der Waals surface area contributed by atoms with Crippen LogP contribution in [0.5, 0.6) is 0 Å². The Kier molecular flexibility index (Phi) is 4.45. The molecular formula is C15H26N4O2. The van der Waals surface area contributed by atoms with E-state index in [1.54, 1.807) is 6.92 Å². The maximum atomic E-state index is 12.4. The van der Waals surface area contributed by atoms with Gasteiger partial charge in [-0.3, -0.25) is 14.5 Å². The first-order valence-electron chi connectivity index (χ1n) is 8.12. The first kappa shape index (κ1) is 14.8. The van der Waals surface area contributed by atoms with Crippen molar-refractivity contribution in [1.29, 1.82) is 0 Å². The van der Waals surface area contributed by atoms with Gasteiger partial charge in [-0.05, 0) is 25.3 Å². The van der Waals surface area contributed by atoms with Crippen LogP contribution in [0, 0.1) is 5.92 Å². The largest absolute Gasteiger partial charge is 0.339 e. The molecule has 0 unspecified atom stereocenters. The Balaban J connectivity index is 1.45.